The van der Waals surface area contributed by atoms with Gasteiger partial charge in [0.2, 0.25) is 0 Å². The number of halogens is 4. The van der Waals surface area contributed by atoms with Gasteiger partial charge in [0.1, 0.15) is 0 Å². The van der Waals surface area contributed by atoms with Gasteiger partial charge in [0.15, 0.2) is 11.5 Å². The van der Waals surface area contributed by atoms with E-state index in [1.165, 1.54) is 18.3 Å². The highest BCUT2D eigenvalue weighted by Gasteiger charge is 2.16. The van der Waals surface area contributed by atoms with Crippen molar-refractivity contribution in [3.63, 3.8) is 0 Å². The first-order valence-corrected chi connectivity index (χ1v) is 6.46. The van der Waals surface area contributed by atoms with Crippen LogP contribution in [-0.4, -0.2) is 18.1 Å². The Hall–Kier alpha value is -1.36. The van der Waals surface area contributed by atoms with E-state index in [0.717, 1.165) is 13.2 Å². The summed E-state index contributed by atoms with van der Waals surface area (Å²) in [5.41, 5.74) is 0.440. The number of methoxy groups -OCH3 is 1. The molecule has 0 N–H and O–H groups in total. The van der Waals surface area contributed by atoms with Crippen molar-refractivity contribution in [1.29, 1.82) is 0 Å². The third-order valence-electron chi connectivity index (χ3n) is 2.54. The molecule has 3 nitrogen and oxygen atoms in total. The molecule has 0 aliphatic heterocycles. The van der Waals surface area contributed by atoms with Gasteiger partial charge in [0, 0.05) is 17.3 Å². The Bertz CT molecular complexity index is 692. The maximum absolute atomic E-state index is 13.8. The summed E-state index contributed by atoms with van der Waals surface area (Å²) >= 11 is 17.8. The smallest absolute Gasteiger partial charge is 0.359 e. The Morgan fingerprint density at radius 3 is 2.40 bits per heavy atom. The predicted octanol–water partition coefficient (Wildman–Crippen LogP) is 4.63. The Balaban J connectivity index is 2.52. The summed E-state index contributed by atoms with van der Waals surface area (Å²) in [6.07, 6.45) is 1.31. The average molecular weight is 335 g/mol. The van der Waals surface area contributed by atoms with Gasteiger partial charge in [0.05, 0.1) is 22.2 Å². The summed E-state index contributed by atoms with van der Waals surface area (Å²) in [4.78, 5) is 15.0. The van der Waals surface area contributed by atoms with Crippen LogP contribution >= 0.6 is 34.8 Å². The molecular weight excluding hydrogens is 328 g/mol. The topological polar surface area (TPSA) is 39.2 Å². The van der Waals surface area contributed by atoms with E-state index in [-0.39, 0.29) is 5.02 Å². The Morgan fingerprint density at radius 1 is 1.15 bits per heavy atom. The molecular formula is C13H7Cl3FNO2. The molecule has 0 spiro atoms. The predicted molar refractivity (Wildman–Crippen MR) is 76.0 cm³/mol. The molecule has 0 atom stereocenters. The van der Waals surface area contributed by atoms with Crippen molar-refractivity contribution in [2.75, 3.05) is 7.11 Å². The maximum Gasteiger partial charge on any atom is 0.359 e. The molecule has 104 valence electrons. The van der Waals surface area contributed by atoms with Gasteiger partial charge in [-0.1, -0.05) is 34.8 Å². The zero-order chi connectivity index (χ0) is 14.9. The van der Waals surface area contributed by atoms with E-state index in [1.54, 1.807) is 0 Å². The molecule has 0 bridgehead atoms. The van der Waals surface area contributed by atoms with Crippen LogP contribution in [0.2, 0.25) is 15.1 Å². The van der Waals surface area contributed by atoms with Crippen LogP contribution in [0, 0.1) is 5.82 Å². The number of aromatic nitrogens is 1. The molecule has 0 radical (unpaired) electrons. The molecule has 1 aromatic heterocycles. The molecule has 0 amide bonds. The van der Waals surface area contributed by atoms with Crippen LogP contribution in [0.5, 0.6) is 0 Å². The fourth-order valence-electron chi connectivity index (χ4n) is 1.58. The standard InChI is InChI=1S/C13H7Cl3FNO2/c1-20-13(19)12-11(17)2-6(5-18-12)7-3-9(15)10(16)4-8(7)14/h2-5H,1H3. The van der Waals surface area contributed by atoms with Gasteiger partial charge in [-0.15, -0.1) is 0 Å². The van der Waals surface area contributed by atoms with E-state index in [0.29, 0.717) is 21.2 Å². The first-order chi connectivity index (χ1) is 9.43. The monoisotopic (exact) mass is 333 g/mol. The highest BCUT2D eigenvalue weighted by atomic mass is 35.5. The van der Waals surface area contributed by atoms with Crippen molar-refractivity contribution >= 4 is 40.8 Å². The Kier molecular flexibility index (Phi) is 4.48. The number of hydrogen-bond donors (Lipinski definition) is 0. The quantitative estimate of drug-likeness (QED) is 0.593. The van der Waals surface area contributed by atoms with E-state index in [9.17, 15) is 9.18 Å². The van der Waals surface area contributed by atoms with E-state index in [1.807, 2.05) is 0 Å². The maximum atomic E-state index is 13.8. The molecule has 0 fully saturated rings. The minimum atomic E-state index is -0.853. The minimum Gasteiger partial charge on any atom is -0.464 e. The summed E-state index contributed by atoms with van der Waals surface area (Å²) in [5, 5.41) is 0.870. The lowest BCUT2D eigenvalue weighted by Crippen LogP contribution is -2.07. The van der Waals surface area contributed by atoms with Crippen LogP contribution in [-0.2, 0) is 4.74 Å². The molecule has 0 saturated heterocycles. The largest absolute Gasteiger partial charge is 0.464 e. The number of rotatable bonds is 2. The van der Waals surface area contributed by atoms with Crippen molar-refractivity contribution < 1.29 is 13.9 Å². The molecule has 1 heterocycles. The van der Waals surface area contributed by atoms with Crippen molar-refractivity contribution in [1.82, 2.24) is 4.98 Å². The molecule has 2 aromatic rings. The number of benzene rings is 1. The van der Waals surface area contributed by atoms with Crippen molar-refractivity contribution in [2.45, 2.75) is 0 Å². The van der Waals surface area contributed by atoms with Gasteiger partial charge < -0.3 is 4.74 Å². The lowest BCUT2D eigenvalue weighted by atomic mass is 10.1. The van der Waals surface area contributed by atoms with Crippen LogP contribution in [0.25, 0.3) is 11.1 Å². The lowest BCUT2D eigenvalue weighted by molar-refractivity contribution is 0.0588. The number of carbonyl (C=O) groups is 1. The van der Waals surface area contributed by atoms with E-state index < -0.39 is 17.5 Å². The molecule has 0 saturated carbocycles. The highest BCUT2D eigenvalue weighted by molar-refractivity contribution is 6.44. The average Bonchev–Trinajstić information content (AvgIpc) is 2.42. The van der Waals surface area contributed by atoms with Crippen LogP contribution < -0.4 is 0 Å². The van der Waals surface area contributed by atoms with Crippen LogP contribution in [0.3, 0.4) is 0 Å². The summed E-state index contributed by atoms with van der Waals surface area (Å²) in [5.74, 6) is -1.66. The molecule has 0 unspecified atom stereocenters. The number of carbonyl (C=O) groups excluding carboxylic acids is 1. The van der Waals surface area contributed by atoms with E-state index in [2.05, 4.69) is 9.72 Å². The minimum absolute atomic E-state index is 0.281. The number of esters is 1. The Morgan fingerprint density at radius 2 is 1.80 bits per heavy atom. The molecule has 1 aromatic carbocycles. The zero-order valence-electron chi connectivity index (χ0n) is 10.1. The third kappa shape index (κ3) is 2.87. The second-order valence-electron chi connectivity index (χ2n) is 3.79. The van der Waals surface area contributed by atoms with Gasteiger partial charge in [-0.05, 0) is 18.2 Å². The van der Waals surface area contributed by atoms with Crippen molar-refractivity contribution in [3.8, 4) is 11.1 Å². The van der Waals surface area contributed by atoms with Crippen molar-refractivity contribution in [2.24, 2.45) is 0 Å². The number of pyridine rings is 1. The number of nitrogens with zero attached hydrogens (tertiary/aromatic N) is 1. The highest BCUT2D eigenvalue weighted by Crippen LogP contribution is 2.35. The van der Waals surface area contributed by atoms with Gasteiger partial charge in [-0.2, -0.15) is 0 Å². The summed E-state index contributed by atoms with van der Waals surface area (Å²) < 4.78 is 18.2. The van der Waals surface area contributed by atoms with Crippen LogP contribution in [0.4, 0.5) is 4.39 Å². The SMILES string of the molecule is COC(=O)c1ncc(-c2cc(Cl)c(Cl)cc2Cl)cc1F. The van der Waals surface area contributed by atoms with Crippen LogP contribution in [0.1, 0.15) is 10.5 Å². The fraction of sp³-hybridized carbons (Fsp3) is 0.0769. The fourth-order valence-corrected chi connectivity index (χ4v) is 2.23. The zero-order valence-corrected chi connectivity index (χ0v) is 12.4. The molecule has 0 aliphatic carbocycles. The second kappa shape index (κ2) is 5.95. The summed E-state index contributed by atoms with van der Waals surface area (Å²) in [6, 6.07) is 4.08. The van der Waals surface area contributed by atoms with Gasteiger partial charge in [0.25, 0.3) is 0 Å². The van der Waals surface area contributed by atoms with Crippen molar-refractivity contribution in [3.05, 3.63) is 51.0 Å². The molecule has 0 aliphatic rings. The number of hydrogen-bond acceptors (Lipinski definition) is 3. The molecule has 20 heavy (non-hydrogen) atoms. The molecule has 2 rings (SSSR count). The molecule has 7 heteroatoms. The van der Waals surface area contributed by atoms with E-state index in [4.69, 9.17) is 34.8 Å². The third-order valence-corrected chi connectivity index (χ3v) is 3.58. The first-order valence-electron chi connectivity index (χ1n) is 5.32. The normalized spacial score (nSPS) is 10.4. The van der Waals surface area contributed by atoms with Gasteiger partial charge >= 0.3 is 5.97 Å². The first kappa shape index (κ1) is 15.0. The number of ether oxygens (including phenoxy) is 1. The van der Waals surface area contributed by atoms with Gasteiger partial charge in [-0.3, -0.25) is 0 Å². The van der Waals surface area contributed by atoms with E-state index >= 15 is 0 Å². The van der Waals surface area contributed by atoms with Gasteiger partial charge in [-0.25, -0.2) is 14.2 Å². The summed E-state index contributed by atoms with van der Waals surface area (Å²) in [7, 11) is 1.15. The van der Waals surface area contributed by atoms with Crippen LogP contribution in [0.15, 0.2) is 24.4 Å². The second-order valence-corrected chi connectivity index (χ2v) is 5.01. The Labute approximate surface area is 129 Å². The lowest BCUT2D eigenvalue weighted by Gasteiger charge is -2.08. The summed E-state index contributed by atoms with van der Waals surface area (Å²) in [6.45, 7) is 0.